The second-order valence-corrected chi connectivity index (χ2v) is 4.38. The molecule has 0 rings (SSSR count). The van der Waals surface area contributed by atoms with Crippen molar-refractivity contribution in [3.63, 3.8) is 0 Å². The van der Waals surface area contributed by atoms with Crippen LogP contribution in [0.15, 0.2) is 0 Å². The van der Waals surface area contributed by atoms with E-state index in [1.807, 2.05) is 0 Å². The van der Waals surface area contributed by atoms with E-state index in [-0.39, 0.29) is 0 Å². The Hall–Kier alpha value is -0.0400. The maximum Gasteiger partial charge on any atom is 0.00667 e. The summed E-state index contributed by atoms with van der Waals surface area (Å²) in [5, 5.41) is 3.67. The Labute approximate surface area is 84.3 Å². The zero-order valence-corrected chi connectivity index (χ0v) is 10.1. The van der Waals surface area contributed by atoms with Gasteiger partial charge in [-0.25, -0.2) is 0 Å². The maximum atomic E-state index is 3.67. The molecule has 1 N–H and O–H groups in total. The number of nitrogens with one attached hydrogen (secondary N) is 1. The van der Waals surface area contributed by atoms with Gasteiger partial charge in [0, 0.05) is 12.1 Å². The van der Waals surface area contributed by atoms with Crippen LogP contribution in [0.3, 0.4) is 0 Å². The van der Waals surface area contributed by atoms with E-state index in [0.29, 0.717) is 12.1 Å². The van der Waals surface area contributed by atoms with Crippen molar-refractivity contribution in [1.82, 2.24) is 5.32 Å². The molecule has 0 aromatic carbocycles. The van der Waals surface area contributed by atoms with Crippen LogP contribution >= 0.6 is 0 Å². The monoisotopic (exact) mass is 185 g/mol. The van der Waals surface area contributed by atoms with E-state index in [1.54, 1.807) is 0 Å². The van der Waals surface area contributed by atoms with Gasteiger partial charge < -0.3 is 5.32 Å². The van der Waals surface area contributed by atoms with Crippen LogP contribution in [0.2, 0.25) is 0 Å². The van der Waals surface area contributed by atoms with Crippen LogP contribution in [0.25, 0.3) is 0 Å². The first-order chi connectivity index (χ1) is 6.11. The van der Waals surface area contributed by atoms with Crippen LogP contribution in [0.4, 0.5) is 0 Å². The molecule has 80 valence electrons. The number of rotatable bonds is 7. The minimum atomic E-state index is 0.664. The molecule has 0 spiro atoms. The Morgan fingerprint density at radius 2 is 1.69 bits per heavy atom. The van der Waals surface area contributed by atoms with Crippen LogP contribution < -0.4 is 5.32 Å². The highest BCUT2D eigenvalue weighted by Crippen LogP contribution is 2.09. The van der Waals surface area contributed by atoms with Gasteiger partial charge in [-0.05, 0) is 26.2 Å². The third kappa shape index (κ3) is 6.09. The fourth-order valence-electron chi connectivity index (χ4n) is 1.56. The fraction of sp³-hybridized carbons (Fsp3) is 1.00. The van der Waals surface area contributed by atoms with Crippen molar-refractivity contribution in [3.8, 4) is 0 Å². The zero-order chi connectivity index (χ0) is 10.3. The number of hydrogen-bond donors (Lipinski definition) is 1. The Morgan fingerprint density at radius 1 is 1.08 bits per heavy atom. The molecule has 0 fully saturated rings. The van der Waals surface area contributed by atoms with Gasteiger partial charge in [-0.15, -0.1) is 0 Å². The lowest BCUT2D eigenvalue weighted by atomic mass is 9.99. The lowest BCUT2D eigenvalue weighted by Gasteiger charge is -2.24. The molecule has 0 aromatic rings. The summed E-state index contributed by atoms with van der Waals surface area (Å²) in [6.07, 6.45) is 5.25. The average molecular weight is 185 g/mol. The minimum Gasteiger partial charge on any atom is -0.312 e. The van der Waals surface area contributed by atoms with E-state index in [1.165, 1.54) is 25.7 Å². The van der Waals surface area contributed by atoms with E-state index in [4.69, 9.17) is 0 Å². The highest BCUT2D eigenvalue weighted by Gasteiger charge is 2.11. The number of unbranched alkanes of at least 4 members (excludes halogenated alkanes) is 1. The van der Waals surface area contributed by atoms with Crippen LogP contribution in [-0.4, -0.2) is 12.1 Å². The topological polar surface area (TPSA) is 12.0 Å². The van der Waals surface area contributed by atoms with E-state index in [0.717, 1.165) is 5.92 Å². The molecule has 0 aromatic heterocycles. The zero-order valence-electron chi connectivity index (χ0n) is 10.1. The van der Waals surface area contributed by atoms with Gasteiger partial charge in [0.15, 0.2) is 0 Å². The quantitative estimate of drug-likeness (QED) is 0.639. The van der Waals surface area contributed by atoms with Gasteiger partial charge in [-0.3, -0.25) is 0 Å². The highest BCUT2D eigenvalue weighted by atomic mass is 14.9. The summed E-state index contributed by atoms with van der Waals surface area (Å²) in [6, 6.07) is 1.35. The van der Waals surface area contributed by atoms with E-state index < -0.39 is 0 Å². The molecule has 3 unspecified atom stereocenters. The van der Waals surface area contributed by atoms with Crippen molar-refractivity contribution < 1.29 is 0 Å². The lowest BCUT2D eigenvalue weighted by Crippen LogP contribution is -2.38. The smallest absolute Gasteiger partial charge is 0.00667 e. The van der Waals surface area contributed by atoms with E-state index in [9.17, 15) is 0 Å². The molecule has 0 bridgehead atoms. The molecule has 0 amide bonds. The van der Waals surface area contributed by atoms with Gasteiger partial charge >= 0.3 is 0 Å². The van der Waals surface area contributed by atoms with Gasteiger partial charge in [0.2, 0.25) is 0 Å². The predicted octanol–water partition coefficient (Wildman–Crippen LogP) is 3.59. The normalized spacial score (nSPS) is 18.2. The van der Waals surface area contributed by atoms with Crippen molar-refractivity contribution in [2.24, 2.45) is 5.92 Å². The Kier molecular flexibility index (Phi) is 7.35. The first kappa shape index (κ1) is 13.0. The largest absolute Gasteiger partial charge is 0.312 e. The third-order valence-electron chi connectivity index (χ3n) is 3.04. The maximum absolute atomic E-state index is 3.67. The molecule has 0 aliphatic rings. The van der Waals surface area contributed by atoms with E-state index in [2.05, 4.69) is 39.9 Å². The van der Waals surface area contributed by atoms with Crippen LogP contribution in [-0.2, 0) is 0 Å². The predicted molar refractivity (Wildman–Crippen MR) is 61.0 cm³/mol. The van der Waals surface area contributed by atoms with Crippen molar-refractivity contribution in [2.45, 2.75) is 72.4 Å². The summed E-state index contributed by atoms with van der Waals surface area (Å²) in [5.74, 6) is 0.795. The minimum absolute atomic E-state index is 0.664. The first-order valence-electron chi connectivity index (χ1n) is 5.87. The van der Waals surface area contributed by atoms with Crippen molar-refractivity contribution in [3.05, 3.63) is 0 Å². The Balaban J connectivity index is 3.57. The molecule has 3 atom stereocenters. The molecule has 0 aliphatic carbocycles. The summed E-state index contributed by atoms with van der Waals surface area (Å²) in [7, 11) is 0. The van der Waals surface area contributed by atoms with Crippen molar-refractivity contribution >= 4 is 0 Å². The molecule has 0 heterocycles. The first-order valence-corrected chi connectivity index (χ1v) is 5.87. The molecule has 13 heavy (non-hydrogen) atoms. The van der Waals surface area contributed by atoms with Gasteiger partial charge in [0.05, 0.1) is 0 Å². The van der Waals surface area contributed by atoms with Gasteiger partial charge in [-0.2, -0.15) is 0 Å². The third-order valence-corrected chi connectivity index (χ3v) is 3.04. The van der Waals surface area contributed by atoms with Crippen molar-refractivity contribution in [2.75, 3.05) is 0 Å². The highest BCUT2D eigenvalue weighted by molar-refractivity contribution is 4.71. The van der Waals surface area contributed by atoms with E-state index >= 15 is 0 Å². The molecule has 1 heteroatoms. The average Bonchev–Trinajstić information content (AvgIpc) is 2.13. The molecule has 0 radical (unpaired) electrons. The molecule has 0 saturated carbocycles. The SMILES string of the molecule is CCCCC(C)NC(C)C(C)CC. The fourth-order valence-corrected chi connectivity index (χ4v) is 1.56. The summed E-state index contributed by atoms with van der Waals surface area (Å²) < 4.78 is 0. The Morgan fingerprint density at radius 3 is 2.15 bits per heavy atom. The standard InChI is InChI=1S/C12H27N/c1-6-8-9-11(4)13-12(5)10(3)7-2/h10-13H,6-9H2,1-5H3. The second kappa shape index (κ2) is 7.37. The summed E-state index contributed by atoms with van der Waals surface area (Å²) >= 11 is 0. The van der Waals surface area contributed by atoms with Gasteiger partial charge in [0.25, 0.3) is 0 Å². The van der Waals surface area contributed by atoms with Gasteiger partial charge in [-0.1, -0.05) is 40.0 Å². The van der Waals surface area contributed by atoms with Crippen molar-refractivity contribution in [1.29, 1.82) is 0 Å². The second-order valence-electron chi connectivity index (χ2n) is 4.38. The molecule has 0 saturated heterocycles. The lowest BCUT2D eigenvalue weighted by molar-refractivity contribution is 0.345. The van der Waals surface area contributed by atoms with Crippen LogP contribution in [0.5, 0.6) is 0 Å². The van der Waals surface area contributed by atoms with Crippen LogP contribution in [0, 0.1) is 5.92 Å². The van der Waals surface area contributed by atoms with Crippen LogP contribution in [0.1, 0.15) is 60.3 Å². The molecular formula is C12H27N. The molecular weight excluding hydrogens is 158 g/mol. The molecule has 1 nitrogen and oxygen atoms in total. The number of hydrogen-bond acceptors (Lipinski definition) is 1. The molecule has 0 aliphatic heterocycles. The Bertz CT molecular complexity index is 112. The summed E-state index contributed by atoms with van der Waals surface area (Å²) in [4.78, 5) is 0. The summed E-state index contributed by atoms with van der Waals surface area (Å²) in [5.41, 5.74) is 0. The van der Waals surface area contributed by atoms with Gasteiger partial charge in [0.1, 0.15) is 0 Å². The summed E-state index contributed by atoms with van der Waals surface area (Å²) in [6.45, 7) is 11.4.